The summed E-state index contributed by atoms with van der Waals surface area (Å²) < 4.78 is 5.59. The molecule has 0 radical (unpaired) electrons. The van der Waals surface area contributed by atoms with Gasteiger partial charge in [0, 0.05) is 46.3 Å². The van der Waals surface area contributed by atoms with Crippen LogP contribution in [0.1, 0.15) is 56.3 Å². The predicted octanol–water partition coefficient (Wildman–Crippen LogP) is 6.70. The number of piperazine rings is 1. The summed E-state index contributed by atoms with van der Waals surface area (Å²) in [6, 6.07) is 13.3. The lowest BCUT2D eigenvalue weighted by atomic mass is 9.98. The van der Waals surface area contributed by atoms with Crippen molar-refractivity contribution in [3.63, 3.8) is 0 Å². The van der Waals surface area contributed by atoms with Gasteiger partial charge >= 0.3 is 5.97 Å². The van der Waals surface area contributed by atoms with Gasteiger partial charge in [0.2, 0.25) is 0 Å². The van der Waals surface area contributed by atoms with Crippen molar-refractivity contribution in [1.29, 1.82) is 0 Å². The Hall–Kier alpha value is -1.89. The average Bonchev–Trinajstić information content (AvgIpc) is 2.85. The highest BCUT2D eigenvalue weighted by Crippen LogP contribution is 2.31. The maximum atomic E-state index is 13.4. The Morgan fingerprint density at radius 2 is 1.77 bits per heavy atom. The summed E-state index contributed by atoms with van der Waals surface area (Å²) in [4.78, 5) is 30.6. The Morgan fingerprint density at radius 1 is 1.00 bits per heavy atom. The van der Waals surface area contributed by atoms with Gasteiger partial charge in [0.1, 0.15) is 6.10 Å². The molecule has 0 aromatic heterocycles. The van der Waals surface area contributed by atoms with Gasteiger partial charge in [-0.2, -0.15) is 0 Å². The summed E-state index contributed by atoms with van der Waals surface area (Å²) in [5.74, 6) is -0.0347. The summed E-state index contributed by atoms with van der Waals surface area (Å²) in [6.45, 7) is 5.54. The van der Waals surface area contributed by atoms with Gasteiger partial charge in [-0.1, -0.05) is 35.7 Å². The highest BCUT2D eigenvalue weighted by atomic mass is 35.5. The van der Waals surface area contributed by atoms with Crippen LogP contribution in [0.25, 0.3) is 0 Å². The van der Waals surface area contributed by atoms with E-state index in [0.717, 1.165) is 42.8 Å². The molecule has 1 saturated carbocycles. The molecule has 35 heavy (non-hydrogen) atoms. The molecule has 1 amide bonds. The molecule has 2 aliphatic rings. The molecule has 2 atom stereocenters. The minimum Gasteiger partial charge on any atom is -0.462 e. The fraction of sp³-hybridized carbons (Fsp3) is 0.481. The summed E-state index contributed by atoms with van der Waals surface area (Å²) in [5.41, 5.74) is 1.62. The van der Waals surface area contributed by atoms with E-state index in [9.17, 15) is 9.59 Å². The molecule has 8 heteroatoms. The molecule has 188 valence electrons. The fourth-order valence-electron chi connectivity index (χ4n) is 4.91. The number of halogens is 2. The highest BCUT2D eigenvalue weighted by molar-refractivity contribution is 8.00. The van der Waals surface area contributed by atoms with Crippen molar-refractivity contribution < 1.29 is 14.3 Å². The van der Waals surface area contributed by atoms with Crippen molar-refractivity contribution in [2.75, 3.05) is 23.7 Å². The molecule has 1 aliphatic carbocycles. The molecule has 1 aliphatic heterocycles. The van der Waals surface area contributed by atoms with E-state index >= 15 is 0 Å². The topological polar surface area (TPSA) is 49.9 Å². The Bertz CT molecular complexity index is 1060. The van der Waals surface area contributed by atoms with Crippen LogP contribution in [0.15, 0.2) is 47.4 Å². The quantitative estimate of drug-likeness (QED) is 0.304. The van der Waals surface area contributed by atoms with Gasteiger partial charge in [0.25, 0.3) is 5.91 Å². The third-order valence-electron chi connectivity index (χ3n) is 7.04. The second-order valence-corrected chi connectivity index (χ2v) is 11.2. The van der Waals surface area contributed by atoms with E-state index in [-0.39, 0.29) is 35.8 Å². The molecule has 0 bridgehead atoms. The molecule has 2 aromatic rings. The third kappa shape index (κ3) is 6.46. The van der Waals surface area contributed by atoms with Gasteiger partial charge in [-0.05, 0) is 75.9 Å². The number of rotatable bonds is 6. The first kappa shape index (κ1) is 26.2. The number of ether oxygens (including phenoxy) is 1. The van der Waals surface area contributed by atoms with Gasteiger partial charge in [0.05, 0.1) is 10.8 Å². The van der Waals surface area contributed by atoms with Crippen LogP contribution < -0.4 is 4.90 Å². The van der Waals surface area contributed by atoms with E-state index in [2.05, 4.69) is 18.7 Å². The molecule has 4 rings (SSSR count). The Morgan fingerprint density at radius 3 is 2.49 bits per heavy atom. The third-order valence-corrected chi connectivity index (χ3v) is 8.75. The minimum absolute atomic E-state index is 0.0117. The molecule has 1 saturated heterocycles. The Labute approximate surface area is 222 Å². The van der Waals surface area contributed by atoms with Crippen molar-refractivity contribution in [3.05, 3.63) is 58.1 Å². The number of carbonyl (C=O) groups is 2. The van der Waals surface area contributed by atoms with Crippen LogP contribution in [0.3, 0.4) is 0 Å². The number of thioether (sulfide) groups is 1. The zero-order chi connectivity index (χ0) is 24.9. The first-order chi connectivity index (χ1) is 16.8. The number of hydrogen-bond acceptors (Lipinski definition) is 5. The van der Waals surface area contributed by atoms with E-state index in [4.69, 9.17) is 27.9 Å². The second kappa shape index (κ2) is 11.9. The van der Waals surface area contributed by atoms with Crippen LogP contribution in [-0.2, 0) is 9.53 Å². The van der Waals surface area contributed by atoms with E-state index in [1.807, 2.05) is 35.2 Å². The van der Waals surface area contributed by atoms with Crippen LogP contribution in [0.5, 0.6) is 0 Å². The molecule has 0 N–H and O–H groups in total. The van der Waals surface area contributed by atoms with E-state index < -0.39 is 0 Å². The van der Waals surface area contributed by atoms with Gasteiger partial charge in [0.15, 0.2) is 0 Å². The van der Waals surface area contributed by atoms with Crippen LogP contribution in [0, 0.1) is 0 Å². The summed E-state index contributed by atoms with van der Waals surface area (Å²) in [6.07, 6.45) is 5.44. The fourth-order valence-corrected chi connectivity index (χ4v) is 6.14. The van der Waals surface area contributed by atoms with Gasteiger partial charge in [-0.15, -0.1) is 11.8 Å². The molecule has 1 heterocycles. The van der Waals surface area contributed by atoms with E-state index in [1.165, 1.54) is 18.2 Å². The molecule has 0 spiro atoms. The number of hydrogen-bond donors (Lipinski definition) is 0. The van der Waals surface area contributed by atoms with Gasteiger partial charge in [-0.3, -0.25) is 9.59 Å². The lowest BCUT2D eigenvalue weighted by Crippen LogP contribution is -2.59. The van der Waals surface area contributed by atoms with Crippen LogP contribution in [-0.4, -0.2) is 53.8 Å². The zero-order valence-electron chi connectivity index (χ0n) is 20.2. The SMILES string of the molecule is CC1[C@@H](C)N(c2cccc(Cl)c2)CCN1C(=O)c1ccc(SCC(=O)OC2CCCCC2)c(Cl)c1. The number of anilines is 1. The zero-order valence-corrected chi connectivity index (χ0v) is 22.5. The highest BCUT2D eigenvalue weighted by Gasteiger charge is 2.34. The first-order valence-corrected chi connectivity index (χ1v) is 14.0. The number of nitrogens with zero attached hydrogens (tertiary/aromatic N) is 2. The minimum atomic E-state index is -0.210. The van der Waals surface area contributed by atoms with Crippen LogP contribution in [0.4, 0.5) is 5.69 Å². The molecular formula is C27H32Cl2N2O3S. The number of carbonyl (C=O) groups excluding carboxylic acids is 2. The van der Waals surface area contributed by atoms with Crippen molar-refractivity contribution in [3.8, 4) is 0 Å². The Balaban J connectivity index is 1.35. The first-order valence-electron chi connectivity index (χ1n) is 12.3. The van der Waals surface area contributed by atoms with Crippen LogP contribution >= 0.6 is 35.0 Å². The monoisotopic (exact) mass is 534 g/mol. The average molecular weight is 536 g/mol. The van der Waals surface area contributed by atoms with E-state index in [1.54, 1.807) is 12.1 Å². The van der Waals surface area contributed by atoms with Gasteiger partial charge < -0.3 is 14.5 Å². The molecule has 5 nitrogen and oxygen atoms in total. The molecule has 2 fully saturated rings. The molecular weight excluding hydrogens is 503 g/mol. The van der Waals surface area contributed by atoms with Gasteiger partial charge in [-0.25, -0.2) is 0 Å². The van der Waals surface area contributed by atoms with Crippen molar-refractivity contribution >= 4 is 52.5 Å². The smallest absolute Gasteiger partial charge is 0.316 e. The lowest BCUT2D eigenvalue weighted by Gasteiger charge is -2.46. The maximum Gasteiger partial charge on any atom is 0.316 e. The largest absolute Gasteiger partial charge is 0.462 e. The number of amides is 1. The lowest BCUT2D eigenvalue weighted by molar-refractivity contribution is -0.147. The van der Waals surface area contributed by atoms with Crippen LogP contribution in [0.2, 0.25) is 10.0 Å². The summed E-state index contributed by atoms with van der Waals surface area (Å²) in [5, 5.41) is 1.18. The normalized spacial score (nSPS) is 21.1. The molecule has 2 aromatic carbocycles. The maximum absolute atomic E-state index is 13.4. The van der Waals surface area contributed by atoms with Crippen molar-refractivity contribution in [2.45, 2.75) is 69.0 Å². The number of esters is 1. The second-order valence-electron chi connectivity index (χ2n) is 9.34. The Kier molecular flexibility index (Phi) is 8.90. The standard InChI is InChI=1S/C27H32Cl2N2O3S/c1-18-19(2)31(14-13-30(18)22-8-6-7-21(28)16-22)27(33)20-11-12-25(24(29)15-20)35-17-26(32)34-23-9-4-3-5-10-23/h6-8,11-12,15-16,18-19,23H,3-5,9-10,13-14,17H2,1-2H3/t18-,19?/m1/s1. The summed E-state index contributed by atoms with van der Waals surface area (Å²) >= 11 is 14.0. The number of benzene rings is 2. The van der Waals surface area contributed by atoms with E-state index in [0.29, 0.717) is 22.2 Å². The molecule has 1 unspecified atom stereocenters. The predicted molar refractivity (Wildman–Crippen MR) is 144 cm³/mol. The van der Waals surface area contributed by atoms with Crippen molar-refractivity contribution in [1.82, 2.24) is 4.90 Å². The summed E-state index contributed by atoms with van der Waals surface area (Å²) in [7, 11) is 0. The van der Waals surface area contributed by atoms with Crippen molar-refractivity contribution in [2.24, 2.45) is 0 Å².